The molecular weight excluding hydrogens is 252 g/mol. The smallest absolute Gasteiger partial charge is 0.231 e. The number of thiophene rings is 1. The molecule has 72 valence electrons. The van der Waals surface area contributed by atoms with Gasteiger partial charge in [0.25, 0.3) is 0 Å². The van der Waals surface area contributed by atoms with Gasteiger partial charge >= 0.3 is 0 Å². The van der Waals surface area contributed by atoms with Crippen LogP contribution in [0.25, 0.3) is 0 Å². The number of nitrogens with one attached hydrogen (secondary N) is 1. The third-order valence-electron chi connectivity index (χ3n) is 1.47. The van der Waals surface area contributed by atoms with Crippen LogP contribution >= 0.6 is 27.3 Å². The number of hydrogen-bond donors (Lipinski definition) is 2. The highest BCUT2D eigenvalue weighted by atomic mass is 79.9. The first kappa shape index (κ1) is 10.7. The molecule has 0 radical (unpaired) electrons. The van der Waals surface area contributed by atoms with E-state index in [4.69, 9.17) is 5.73 Å². The van der Waals surface area contributed by atoms with Gasteiger partial charge in [-0.05, 0) is 28.4 Å². The Hall–Kier alpha value is -0.390. The number of halogens is 1. The number of hydrogen-bond acceptors (Lipinski definition) is 3. The minimum absolute atomic E-state index is 0.256. The predicted octanol–water partition coefficient (Wildman–Crippen LogP) is 1.13. The number of carbonyl (C=O) groups is 1. The summed E-state index contributed by atoms with van der Waals surface area (Å²) in [5.74, 6) is -0.313. The second-order valence-electron chi connectivity index (χ2n) is 2.62. The van der Waals surface area contributed by atoms with Crippen LogP contribution in [0.1, 0.15) is 4.88 Å². The molecule has 1 rings (SSSR count). The minimum Gasteiger partial charge on any atom is -0.369 e. The Morgan fingerprint density at radius 2 is 2.46 bits per heavy atom. The molecule has 3 nitrogen and oxygen atoms in total. The van der Waals surface area contributed by atoms with Crippen molar-refractivity contribution < 1.29 is 4.79 Å². The molecule has 0 atom stereocenters. The van der Waals surface area contributed by atoms with Crippen molar-refractivity contribution in [1.29, 1.82) is 0 Å². The Bertz CT molecular complexity index is 287. The van der Waals surface area contributed by atoms with Gasteiger partial charge in [-0.15, -0.1) is 11.3 Å². The monoisotopic (exact) mass is 262 g/mol. The highest BCUT2D eigenvalue weighted by Crippen LogP contribution is 2.19. The molecule has 13 heavy (non-hydrogen) atoms. The zero-order valence-corrected chi connectivity index (χ0v) is 9.45. The van der Waals surface area contributed by atoms with Gasteiger partial charge in [-0.3, -0.25) is 4.79 Å². The maximum absolute atomic E-state index is 10.4. The molecule has 0 unspecified atom stereocenters. The summed E-state index contributed by atoms with van der Waals surface area (Å²) in [6.45, 7) is 1.04. The number of nitrogens with two attached hydrogens (primary N) is 1. The first-order chi connectivity index (χ1) is 6.18. The number of amides is 1. The Morgan fingerprint density at radius 3 is 3.00 bits per heavy atom. The van der Waals surface area contributed by atoms with Crippen LogP contribution in [0.3, 0.4) is 0 Å². The van der Waals surface area contributed by atoms with Gasteiger partial charge in [-0.1, -0.05) is 0 Å². The summed E-state index contributed by atoms with van der Waals surface area (Å²) in [6.07, 6.45) is 0.934. The van der Waals surface area contributed by atoms with Gasteiger partial charge in [-0.25, -0.2) is 0 Å². The van der Waals surface area contributed by atoms with Gasteiger partial charge in [-0.2, -0.15) is 0 Å². The molecule has 0 bridgehead atoms. The Morgan fingerprint density at radius 1 is 1.69 bits per heavy atom. The highest BCUT2D eigenvalue weighted by molar-refractivity contribution is 9.10. The van der Waals surface area contributed by atoms with Crippen molar-refractivity contribution >= 4 is 33.2 Å². The van der Waals surface area contributed by atoms with Crippen LogP contribution < -0.4 is 11.1 Å². The topological polar surface area (TPSA) is 55.1 Å². The fraction of sp³-hybridized carbons (Fsp3) is 0.375. The van der Waals surface area contributed by atoms with Gasteiger partial charge in [0.15, 0.2) is 0 Å². The van der Waals surface area contributed by atoms with Crippen LogP contribution in [0.15, 0.2) is 15.9 Å². The molecule has 0 fully saturated rings. The third-order valence-corrected chi connectivity index (χ3v) is 3.23. The molecule has 0 aliphatic rings. The summed E-state index contributed by atoms with van der Waals surface area (Å²) in [6, 6.07) is 2.08. The molecule has 0 aromatic carbocycles. The van der Waals surface area contributed by atoms with E-state index < -0.39 is 0 Å². The molecular formula is C8H11BrN2OS. The molecule has 1 amide bonds. The van der Waals surface area contributed by atoms with Crippen LogP contribution in [-0.4, -0.2) is 19.0 Å². The zero-order chi connectivity index (χ0) is 9.68. The molecule has 1 aromatic heterocycles. The summed E-state index contributed by atoms with van der Waals surface area (Å²) in [5, 5.41) is 5.00. The predicted molar refractivity (Wildman–Crippen MR) is 57.8 cm³/mol. The first-order valence-corrected chi connectivity index (χ1v) is 5.57. The maximum Gasteiger partial charge on any atom is 0.231 e. The highest BCUT2D eigenvalue weighted by Gasteiger charge is 1.97. The standard InChI is InChI=1S/C8H11BrN2OS/c9-6-3-7(13-5-6)1-2-11-4-8(10)12/h3,5,11H,1-2,4H2,(H2,10,12). The van der Waals surface area contributed by atoms with E-state index in [2.05, 4.69) is 27.3 Å². The van der Waals surface area contributed by atoms with Crippen LogP contribution in [0.2, 0.25) is 0 Å². The van der Waals surface area contributed by atoms with E-state index in [9.17, 15) is 4.79 Å². The number of primary amides is 1. The first-order valence-electron chi connectivity index (χ1n) is 3.90. The van der Waals surface area contributed by atoms with E-state index in [1.165, 1.54) is 4.88 Å². The number of carbonyl (C=O) groups excluding carboxylic acids is 1. The van der Waals surface area contributed by atoms with Gasteiger partial charge in [0, 0.05) is 21.3 Å². The summed E-state index contributed by atoms with van der Waals surface area (Å²) >= 11 is 5.09. The normalized spacial score (nSPS) is 10.2. The van der Waals surface area contributed by atoms with E-state index in [-0.39, 0.29) is 12.5 Å². The lowest BCUT2D eigenvalue weighted by Crippen LogP contribution is -2.29. The molecule has 1 heterocycles. The minimum atomic E-state index is -0.313. The van der Waals surface area contributed by atoms with Gasteiger partial charge in [0.05, 0.1) is 6.54 Å². The van der Waals surface area contributed by atoms with Gasteiger partial charge in [0.1, 0.15) is 0 Å². The molecule has 0 aliphatic carbocycles. The van der Waals surface area contributed by atoms with Crippen molar-refractivity contribution in [3.8, 4) is 0 Å². The molecule has 0 saturated heterocycles. The van der Waals surface area contributed by atoms with Crippen LogP contribution in [0, 0.1) is 0 Å². The van der Waals surface area contributed by atoms with Crippen molar-refractivity contribution in [2.45, 2.75) is 6.42 Å². The van der Waals surface area contributed by atoms with Crippen molar-refractivity contribution in [3.63, 3.8) is 0 Å². The third kappa shape index (κ3) is 4.40. The molecule has 0 saturated carbocycles. The lowest BCUT2D eigenvalue weighted by atomic mass is 10.3. The summed E-state index contributed by atoms with van der Waals surface area (Å²) in [5.41, 5.74) is 4.97. The quantitative estimate of drug-likeness (QED) is 0.782. The Kier molecular flexibility index (Phi) is 4.41. The summed E-state index contributed by atoms with van der Waals surface area (Å²) < 4.78 is 1.11. The van der Waals surface area contributed by atoms with E-state index in [1.54, 1.807) is 11.3 Å². The second kappa shape index (κ2) is 5.36. The maximum atomic E-state index is 10.4. The van der Waals surface area contributed by atoms with Crippen LogP contribution in [0.5, 0.6) is 0 Å². The fourth-order valence-electron chi connectivity index (χ4n) is 0.908. The van der Waals surface area contributed by atoms with Crippen molar-refractivity contribution in [2.24, 2.45) is 5.73 Å². The Balaban J connectivity index is 2.16. The number of rotatable bonds is 5. The summed E-state index contributed by atoms with van der Waals surface area (Å²) in [4.78, 5) is 11.7. The SMILES string of the molecule is NC(=O)CNCCc1cc(Br)cs1. The fourth-order valence-corrected chi connectivity index (χ4v) is 2.36. The lowest BCUT2D eigenvalue weighted by Gasteiger charge is -1.99. The van der Waals surface area contributed by atoms with Crippen LogP contribution in [-0.2, 0) is 11.2 Å². The molecule has 0 aliphatic heterocycles. The van der Waals surface area contributed by atoms with Crippen molar-refractivity contribution in [1.82, 2.24) is 5.32 Å². The van der Waals surface area contributed by atoms with E-state index in [0.717, 1.165) is 17.4 Å². The van der Waals surface area contributed by atoms with Crippen LogP contribution in [0.4, 0.5) is 0 Å². The largest absolute Gasteiger partial charge is 0.369 e. The van der Waals surface area contributed by atoms with Crippen molar-refractivity contribution in [3.05, 3.63) is 20.8 Å². The molecule has 0 spiro atoms. The van der Waals surface area contributed by atoms with E-state index in [1.807, 2.05) is 5.38 Å². The summed E-state index contributed by atoms with van der Waals surface area (Å²) in [7, 11) is 0. The Labute approximate surface area is 89.5 Å². The van der Waals surface area contributed by atoms with Crippen molar-refractivity contribution in [2.75, 3.05) is 13.1 Å². The average Bonchev–Trinajstić information content (AvgIpc) is 2.45. The van der Waals surface area contributed by atoms with Gasteiger partial charge < -0.3 is 11.1 Å². The molecule has 1 aromatic rings. The average molecular weight is 263 g/mol. The zero-order valence-electron chi connectivity index (χ0n) is 7.05. The van der Waals surface area contributed by atoms with Gasteiger partial charge in [0.2, 0.25) is 5.91 Å². The molecule has 3 N–H and O–H groups in total. The van der Waals surface area contributed by atoms with E-state index in [0.29, 0.717) is 0 Å². The molecule has 5 heteroatoms. The van der Waals surface area contributed by atoms with E-state index >= 15 is 0 Å². The second-order valence-corrected chi connectivity index (χ2v) is 4.54. The lowest BCUT2D eigenvalue weighted by molar-refractivity contribution is -0.117.